The number of hydrogen-bond acceptors (Lipinski definition) is 4. The first kappa shape index (κ1) is 20.2. The molecule has 150 valence electrons. The Morgan fingerprint density at radius 2 is 2.00 bits per heavy atom. The second kappa shape index (κ2) is 7.44. The molecule has 6 N–H and O–H groups in total. The van der Waals surface area contributed by atoms with Crippen molar-refractivity contribution < 1.29 is 22.8 Å². The van der Waals surface area contributed by atoms with Crippen molar-refractivity contribution in [2.24, 2.45) is 17.4 Å². The lowest BCUT2D eigenvalue weighted by molar-refractivity contribution is 0.0171. The number of anilines is 1. The van der Waals surface area contributed by atoms with Gasteiger partial charge in [-0.2, -0.15) is 0 Å². The topological polar surface area (TPSA) is 110 Å². The Morgan fingerprint density at radius 3 is 2.50 bits per heavy atom. The third kappa shape index (κ3) is 3.69. The molecule has 3 atom stereocenters. The molecular formula is C18H19F3N4O2S. The van der Waals surface area contributed by atoms with E-state index >= 15 is 0 Å². The van der Waals surface area contributed by atoms with Gasteiger partial charge in [-0.3, -0.25) is 4.79 Å². The molecule has 1 heterocycles. The van der Waals surface area contributed by atoms with Crippen LogP contribution in [0, 0.1) is 18.7 Å². The molecule has 0 spiro atoms. The number of rotatable bonds is 6. The molecule has 28 heavy (non-hydrogen) atoms. The fourth-order valence-electron chi connectivity index (χ4n) is 3.30. The molecule has 10 heteroatoms. The van der Waals surface area contributed by atoms with Crippen LogP contribution in [0.25, 0.3) is 0 Å². The lowest BCUT2D eigenvalue weighted by Crippen LogP contribution is -2.56. The highest BCUT2D eigenvalue weighted by molar-refractivity contribution is 7.12. The largest absolute Gasteiger partial charge is 0.352 e. The maximum atomic E-state index is 14.6. The minimum Gasteiger partial charge on any atom is -0.352 e. The smallest absolute Gasteiger partial charge is 0.313 e. The number of halogens is 3. The third-order valence-electron chi connectivity index (χ3n) is 4.72. The SMILES string of the molecule is Cc1csc(C(=O)Nc2ccc(F)c([C@](NC(N)=O)(C(F)F)[C@H]3C[C@H]3N)c2)c1. The van der Waals surface area contributed by atoms with E-state index in [-0.39, 0.29) is 12.1 Å². The van der Waals surface area contributed by atoms with Gasteiger partial charge >= 0.3 is 6.03 Å². The summed E-state index contributed by atoms with van der Waals surface area (Å²) < 4.78 is 42.8. The second-order valence-corrected chi connectivity index (χ2v) is 7.71. The van der Waals surface area contributed by atoms with Crippen LogP contribution in [-0.4, -0.2) is 24.4 Å². The van der Waals surface area contributed by atoms with Crippen LogP contribution in [0.3, 0.4) is 0 Å². The minimum atomic E-state index is -3.17. The van der Waals surface area contributed by atoms with Crippen molar-refractivity contribution in [3.05, 3.63) is 51.5 Å². The Bertz CT molecular complexity index is 920. The lowest BCUT2D eigenvalue weighted by Gasteiger charge is -2.35. The molecule has 0 bridgehead atoms. The number of benzene rings is 1. The van der Waals surface area contributed by atoms with E-state index in [0.29, 0.717) is 4.88 Å². The molecular weight excluding hydrogens is 393 g/mol. The molecule has 0 aliphatic heterocycles. The highest BCUT2D eigenvalue weighted by Gasteiger charge is 2.59. The standard InChI is InChI=1S/C18H19F3N4O2S/c1-8-4-14(28-7-8)15(26)24-9-2-3-12(19)10(5-9)18(16(20)21,25-17(23)27)11-6-13(11)22/h2-5,7,11,13,16H,6,22H2,1H3,(H,24,26)(H3,23,25,27)/t11-,13+,18+/m0/s1. The molecule has 0 unspecified atom stereocenters. The number of urea groups is 1. The van der Waals surface area contributed by atoms with Gasteiger partial charge in [0.25, 0.3) is 12.3 Å². The average molecular weight is 412 g/mol. The monoisotopic (exact) mass is 412 g/mol. The predicted octanol–water partition coefficient (Wildman–Crippen LogP) is 2.92. The highest BCUT2D eigenvalue weighted by Crippen LogP contribution is 2.49. The number of primary amides is 1. The Labute approximate surface area is 163 Å². The zero-order valence-corrected chi connectivity index (χ0v) is 15.7. The van der Waals surface area contributed by atoms with Crippen LogP contribution in [0.2, 0.25) is 0 Å². The van der Waals surface area contributed by atoms with Crippen molar-refractivity contribution in [2.45, 2.75) is 31.4 Å². The van der Waals surface area contributed by atoms with Gasteiger partial charge in [-0.1, -0.05) is 0 Å². The second-order valence-electron chi connectivity index (χ2n) is 6.80. The Hall–Kier alpha value is -2.59. The molecule has 1 aliphatic rings. The van der Waals surface area contributed by atoms with Crippen LogP contribution in [0.5, 0.6) is 0 Å². The van der Waals surface area contributed by atoms with Crippen molar-refractivity contribution in [3.8, 4) is 0 Å². The van der Waals surface area contributed by atoms with Gasteiger partial charge in [-0.15, -0.1) is 11.3 Å². The fraction of sp³-hybridized carbons (Fsp3) is 0.333. The molecule has 0 saturated heterocycles. The maximum Gasteiger partial charge on any atom is 0.313 e. The van der Waals surface area contributed by atoms with Gasteiger partial charge in [-0.25, -0.2) is 18.0 Å². The van der Waals surface area contributed by atoms with Gasteiger partial charge in [0.2, 0.25) is 0 Å². The quantitative estimate of drug-likeness (QED) is 0.585. The summed E-state index contributed by atoms with van der Waals surface area (Å²) in [4.78, 5) is 24.2. The number of carbonyl (C=O) groups is 2. The van der Waals surface area contributed by atoms with Crippen LogP contribution in [-0.2, 0) is 5.54 Å². The molecule has 6 nitrogen and oxygen atoms in total. The summed E-state index contributed by atoms with van der Waals surface area (Å²) in [6, 6.07) is 3.12. The molecule has 2 aromatic rings. The Balaban J connectivity index is 2.00. The van der Waals surface area contributed by atoms with Crippen molar-refractivity contribution in [2.75, 3.05) is 5.32 Å². The van der Waals surface area contributed by atoms with Crippen molar-refractivity contribution in [1.82, 2.24) is 5.32 Å². The van der Waals surface area contributed by atoms with Gasteiger partial charge in [0.05, 0.1) is 4.88 Å². The molecule has 1 saturated carbocycles. The summed E-state index contributed by atoms with van der Waals surface area (Å²) in [7, 11) is 0. The number of thiophene rings is 1. The van der Waals surface area contributed by atoms with E-state index in [1.165, 1.54) is 17.4 Å². The minimum absolute atomic E-state index is 0.109. The summed E-state index contributed by atoms with van der Waals surface area (Å²) in [5.74, 6) is -2.30. The van der Waals surface area contributed by atoms with Gasteiger partial charge in [0.15, 0.2) is 0 Å². The molecule has 3 amide bonds. The first-order chi connectivity index (χ1) is 13.1. The van der Waals surface area contributed by atoms with Crippen LogP contribution in [0.4, 0.5) is 23.7 Å². The van der Waals surface area contributed by atoms with Crippen molar-refractivity contribution in [3.63, 3.8) is 0 Å². The van der Waals surface area contributed by atoms with Crippen molar-refractivity contribution in [1.29, 1.82) is 0 Å². The summed E-state index contributed by atoms with van der Waals surface area (Å²) in [5, 5.41) is 6.36. The number of aryl methyl sites for hydroxylation is 1. The molecule has 1 aliphatic carbocycles. The molecule has 3 rings (SSSR count). The number of amides is 3. The van der Waals surface area contributed by atoms with Crippen molar-refractivity contribution >= 4 is 29.0 Å². The molecule has 1 fully saturated rings. The predicted molar refractivity (Wildman–Crippen MR) is 99.9 cm³/mol. The number of hydrogen-bond donors (Lipinski definition) is 4. The average Bonchev–Trinajstić information content (AvgIpc) is 3.18. The van der Waals surface area contributed by atoms with Gasteiger partial charge in [0, 0.05) is 23.2 Å². The van der Waals surface area contributed by atoms with Gasteiger partial charge in [0.1, 0.15) is 11.4 Å². The van der Waals surface area contributed by atoms with E-state index in [1.54, 1.807) is 11.4 Å². The van der Waals surface area contributed by atoms with E-state index in [4.69, 9.17) is 11.5 Å². The van der Waals surface area contributed by atoms with Crippen LogP contribution in [0.15, 0.2) is 29.6 Å². The van der Waals surface area contributed by atoms with Crippen LogP contribution >= 0.6 is 11.3 Å². The summed E-state index contributed by atoms with van der Waals surface area (Å²) in [6.07, 6.45) is -2.99. The zero-order chi connectivity index (χ0) is 20.6. The maximum absolute atomic E-state index is 14.6. The van der Waals surface area contributed by atoms with E-state index in [2.05, 4.69) is 5.32 Å². The normalized spacial score (nSPS) is 20.5. The van der Waals surface area contributed by atoms with Gasteiger partial charge < -0.3 is 22.1 Å². The lowest BCUT2D eigenvalue weighted by atomic mass is 9.84. The first-order valence-electron chi connectivity index (χ1n) is 8.43. The summed E-state index contributed by atoms with van der Waals surface area (Å²) in [6.45, 7) is 1.83. The highest BCUT2D eigenvalue weighted by atomic mass is 32.1. The zero-order valence-electron chi connectivity index (χ0n) is 14.8. The first-order valence-corrected chi connectivity index (χ1v) is 9.31. The Kier molecular flexibility index (Phi) is 5.35. The fourth-order valence-corrected chi connectivity index (χ4v) is 4.09. The van der Waals surface area contributed by atoms with E-state index < -0.39 is 47.2 Å². The molecule has 1 aromatic carbocycles. The third-order valence-corrected chi connectivity index (χ3v) is 5.77. The van der Waals surface area contributed by atoms with E-state index in [9.17, 15) is 22.8 Å². The number of alkyl halides is 2. The van der Waals surface area contributed by atoms with Gasteiger partial charge in [-0.05, 0) is 48.6 Å². The van der Waals surface area contributed by atoms with E-state index in [0.717, 1.165) is 17.7 Å². The summed E-state index contributed by atoms with van der Waals surface area (Å²) in [5.41, 5.74) is 8.99. The van der Waals surface area contributed by atoms with E-state index in [1.807, 2.05) is 12.2 Å². The number of carbonyl (C=O) groups excluding carboxylic acids is 2. The van der Waals surface area contributed by atoms with Crippen LogP contribution in [0.1, 0.15) is 27.2 Å². The number of nitrogens with one attached hydrogen (secondary N) is 2. The molecule has 0 radical (unpaired) electrons. The molecule has 1 aromatic heterocycles. The number of nitrogens with two attached hydrogens (primary N) is 2. The Morgan fingerprint density at radius 1 is 1.32 bits per heavy atom. The summed E-state index contributed by atoms with van der Waals surface area (Å²) >= 11 is 1.22. The van der Waals surface area contributed by atoms with Crippen LogP contribution < -0.4 is 22.1 Å².